The van der Waals surface area contributed by atoms with Crippen LogP contribution in [-0.2, 0) is 9.59 Å². The zero-order valence-electron chi connectivity index (χ0n) is 15.9. The van der Waals surface area contributed by atoms with Gasteiger partial charge in [0.15, 0.2) is 0 Å². The summed E-state index contributed by atoms with van der Waals surface area (Å²) in [4.78, 5) is 30.0. The van der Waals surface area contributed by atoms with Gasteiger partial charge in [-0.2, -0.15) is 0 Å². The number of rotatable bonds is 4. The maximum absolute atomic E-state index is 13.4. The molecule has 1 heterocycles. The molecule has 5 heteroatoms. The van der Waals surface area contributed by atoms with Crippen LogP contribution in [0.25, 0.3) is 0 Å². The molecule has 3 aliphatic rings. The second-order valence-electron chi connectivity index (χ2n) is 8.29. The van der Waals surface area contributed by atoms with E-state index in [-0.39, 0.29) is 17.9 Å². The van der Waals surface area contributed by atoms with Crippen LogP contribution < -0.4 is 4.90 Å². The maximum atomic E-state index is 13.4. The molecule has 4 nitrogen and oxygen atoms in total. The fourth-order valence-electron chi connectivity index (χ4n) is 5.28. The van der Waals surface area contributed by atoms with E-state index in [1.54, 1.807) is 24.3 Å². The molecule has 2 amide bonds. The molecule has 4 rings (SSSR count). The first-order valence-electron chi connectivity index (χ1n) is 10.5. The highest BCUT2D eigenvalue weighted by Gasteiger charge is 2.46. The van der Waals surface area contributed by atoms with Gasteiger partial charge in [0.05, 0.1) is 18.2 Å². The number of nitrogens with zero attached hydrogens (tertiary/aromatic N) is 2. The van der Waals surface area contributed by atoms with Crippen LogP contribution in [0.5, 0.6) is 0 Å². The standard InChI is InChI=1S/C22H29ClN2O2/c23-16-11-13-19(14-12-16)25-21(26)15-20(22(25)27)24(17-7-3-1-4-8-17)18-9-5-2-6-10-18/h11-14,17-18,20H,1-10,15H2. The largest absolute Gasteiger partial charge is 0.286 e. The minimum atomic E-state index is -0.292. The molecule has 3 fully saturated rings. The van der Waals surface area contributed by atoms with E-state index in [1.165, 1.54) is 43.4 Å². The summed E-state index contributed by atoms with van der Waals surface area (Å²) in [6.45, 7) is 0. The smallest absolute Gasteiger partial charge is 0.251 e. The van der Waals surface area contributed by atoms with Gasteiger partial charge in [0.25, 0.3) is 5.91 Å². The van der Waals surface area contributed by atoms with Crippen molar-refractivity contribution < 1.29 is 9.59 Å². The Kier molecular flexibility index (Phi) is 5.84. The van der Waals surface area contributed by atoms with E-state index in [0.717, 1.165) is 25.7 Å². The van der Waals surface area contributed by atoms with E-state index in [0.29, 0.717) is 29.2 Å². The van der Waals surface area contributed by atoms with Gasteiger partial charge < -0.3 is 0 Å². The Morgan fingerprint density at radius 2 is 1.33 bits per heavy atom. The van der Waals surface area contributed by atoms with Gasteiger partial charge in [-0.05, 0) is 49.9 Å². The van der Waals surface area contributed by atoms with Crippen molar-refractivity contribution in [2.75, 3.05) is 4.90 Å². The van der Waals surface area contributed by atoms with Crippen molar-refractivity contribution in [1.29, 1.82) is 0 Å². The lowest BCUT2D eigenvalue weighted by Gasteiger charge is -2.44. The predicted molar refractivity (Wildman–Crippen MR) is 108 cm³/mol. The van der Waals surface area contributed by atoms with E-state index in [9.17, 15) is 9.59 Å². The molecule has 1 unspecified atom stereocenters. The van der Waals surface area contributed by atoms with E-state index in [1.807, 2.05) is 0 Å². The minimum absolute atomic E-state index is 0.0431. The summed E-state index contributed by atoms with van der Waals surface area (Å²) in [6, 6.07) is 7.63. The van der Waals surface area contributed by atoms with Gasteiger partial charge in [0, 0.05) is 17.1 Å². The molecule has 0 radical (unpaired) electrons. The molecule has 0 aromatic heterocycles. The Balaban J connectivity index is 1.60. The normalized spacial score (nSPS) is 25.6. The van der Waals surface area contributed by atoms with E-state index >= 15 is 0 Å². The van der Waals surface area contributed by atoms with Gasteiger partial charge >= 0.3 is 0 Å². The Labute approximate surface area is 166 Å². The molecule has 2 saturated carbocycles. The lowest BCUT2D eigenvalue weighted by molar-refractivity contribution is -0.124. The van der Waals surface area contributed by atoms with Crippen LogP contribution in [0.15, 0.2) is 24.3 Å². The van der Waals surface area contributed by atoms with Gasteiger partial charge in [-0.3, -0.25) is 14.5 Å². The summed E-state index contributed by atoms with van der Waals surface area (Å²) in [6.07, 6.45) is 12.5. The number of carbonyl (C=O) groups excluding carboxylic acids is 2. The molecule has 1 atom stereocenters. The summed E-state index contributed by atoms with van der Waals surface area (Å²) < 4.78 is 0. The molecule has 0 spiro atoms. The van der Waals surface area contributed by atoms with Crippen molar-refractivity contribution in [2.24, 2.45) is 0 Å². The van der Waals surface area contributed by atoms with Crippen LogP contribution in [0.3, 0.4) is 0 Å². The highest BCUT2D eigenvalue weighted by Crippen LogP contribution is 2.36. The van der Waals surface area contributed by atoms with Crippen molar-refractivity contribution in [1.82, 2.24) is 4.90 Å². The first-order chi connectivity index (χ1) is 13.1. The summed E-state index contributed by atoms with van der Waals surface area (Å²) in [7, 11) is 0. The first-order valence-corrected chi connectivity index (χ1v) is 10.9. The predicted octanol–water partition coefficient (Wildman–Crippen LogP) is 4.94. The molecule has 27 heavy (non-hydrogen) atoms. The van der Waals surface area contributed by atoms with Gasteiger partial charge in [0.1, 0.15) is 0 Å². The third-order valence-corrected chi connectivity index (χ3v) is 6.81. The second kappa shape index (κ2) is 8.32. The molecular weight excluding hydrogens is 360 g/mol. The molecule has 0 N–H and O–H groups in total. The van der Waals surface area contributed by atoms with E-state index in [2.05, 4.69) is 4.90 Å². The summed E-state index contributed by atoms with van der Waals surface area (Å²) in [5.74, 6) is -0.123. The molecule has 146 valence electrons. The summed E-state index contributed by atoms with van der Waals surface area (Å²) in [5, 5.41) is 0.612. The van der Waals surface area contributed by atoms with Crippen LogP contribution in [0.1, 0.15) is 70.6 Å². The lowest BCUT2D eigenvalue weighted by atomic mass is 9.87. The Morgan fingerprint density at radius 1 is 0.815 bits per heavy atom. The van der Waals surface area contributed by atoms with Gasteiger partial charge in [0.2, 0.25) is 5.91 Å². The third-order valence-electron chi connectivity index (χ3n) is 6.56. The number of imide groups is 1. The zero-order chi connectivity index (χ0) is 18.8. The maximum Gasteiger partial charge on any atom is 0.251 e. The molecule has 0 bridgehead atoms. The average Bonchev–Trinajstić information content (AvgIpc) is 2.99. The van der Waals surface area contributed by atoms with E-state index < -0.39 is 0 Å². The van der Waals surface area contributed by atoms with Crippen LogP contribution in [0.2, 0.25) is 5.02 Å². The highest BCUT2D eigenvalue weighted by molar-refractivity contribution is 6.30. The number of carbonyl (C=O) groups is 2. The highest BCUT2D eigenvalue weighted by atomic mass is 35.5. The van der Waals surface area contributed by atoms with E-state index in [4.69, 9.17) is 11.6 Å². The number of benzene rings is 1. The number of hydrogen-bond acceptors (Lipinski definition) is 3. The molecule has 2 aliphatic carbocycles. The number of anilines is 1. The fraction of sp³-hybridized carbons (Fsp3) is 0.636. The first kappa shape index (κ1) is 18.9. The minimum Gasteiger partial charge on any atom is -0.286 e. The third kappa shape index (κ3) is 3.93. The number of hydrogen-bond donors (Lipinski definition) is 0. The topological polar surface area (TPSA) is 40.6 Å². The van der Waals surface area contributed by atoms with Crippen molar-refractivity contribution in [3.05, 3.63) is 29.3 Å². The SMILES string of the molecule is O=C1CC(N(C2CCCCC2)C2CCCCC2)C(=O)N1c1ccc(Cl)cc1. The number of halogens is 1. The fourth-order valence-corrected chi connectivity index (χ4v) is 5.40. The zero-order valence-corrected chi connectivity index (χ0v) is 16.7. The summed E-state index contributed by atoms with van der Waals surface area (Å²) >= 11 is 5.98. The summed E-state index contributed by atoms with van der Waals surface area (Å²) in [5.41, 5.74) is 0.643. The lowest BCUT2D eigenvalue weighted by Crippen LogP contribution is -2.53. The van der Waals surface area contributed by atoms with Crippen molar-refractivity contribution >= 4 is 29.1 Å². The second-order valence-corrected chi connectivity index (χ2v) is 8.73. The molecule has 1 aliphatic heterocycles. The Bertz CT molecular complexity index is 660. The quantitative estimate of drug-likeness (QED) is 0.686. The van der Waals surface area contributed by atoms with Gasteiger partial charge in [-0.1, -0.05) is 50.1 Å². The molecular formula is C22H29ClN2O2. The monoisotopic (exact) mass is 388 g/mol. The van der Waals surface area contributed by atoms with Crippen LogP contribution in [0.4, 0.5) is 5.69 Å². The number of amides is 2. The Hall–Kier alpha value is -1.39. The average molecular weight is 389 g/mol. The van der Waals surface area contributed by atoms with Crippen molar-refractivity contribution in [2.45, 2.75) is 88.8 Å². The Morgan fingerprint density at radius 3 is 1.85 bits per heavy atom. The molecule has 1 aromatic rings. The molecule has 1 aromatic carbocycles. The van der Waals surface area contributed by atoms with Gasteiger partial charge in [-0.25, -0.2) is 4.90 Å². The van der Waals surface area contributed by atoms with Crippen LogP contribution in [-0.4, -0.2) is 34.8 Å². The van der Waals surface area contributed by atoms with Crippen molar-refractivity contribution in [3.8, 4) is 0 Å². The van der Waals surface area contributed by atoms with Crippen molar-refractivity contribution in [3.63, 3.8) is 0 Å². The van der Waals surface area contributed by atoms with Crippen LogP contribution in [0, 0.1) is 0 Å². The molecule has 1 saturated heterocycles. The van der Waals surface area contributed by atoms with Crippen LogP contribution >= 0.6 is 11.6 Å². The van der Waals surface area contributed by atoms with Gasteiger partial charge in [-0.15, -0.1) is 0 Å².